The van der Waals surface area contributed by atoms with Crippen molar-refractivity contribution in [2.24, 2.45) is 0 Å². The first-order valence-corrected chi connectivity index (χ1v) is 7.59. The molecule has 0 unspecified atom stereocenters. The molecule has 0 aliphatic rings. The molecule has 2 aromatic rings. The van der Waals surface area contributed by atoms with Crippen LogP contribution in [0.25, 0.3) is 5.57 Å². The lowest BCUT2D eigenvalue weighted by Gasteiger charge is -2.18. The molecule has 0 aliphatic heterocycles. The highest BCUT2D eigenvalue weighted by Gasteiger charge is 2.39. The first-order chi connectivity index (χ1) is 13.3. The molecular weight excluding hydrogens is 444 g/mol. The lowest BCUT2D eigenvalue weighted by molar-refractivity contribution is -0.144. The van der Waals surface area contributed by atoms with Gasteiger partial charge in [0.2, 0.25) is 0 Å². The van der Waals surface area contributed by atoms with Crippen molar-refractivity contribution in [1.82, 2.24) is 0 Å². The fourth-order valence-electron chi connectivity index (χ4n) is 2.42. The van der Waals surface area contributed by atoms with E-state index in [4.69, 9.17) is 0 Å². The molecule has 0 atom stereocenters. The van der Waals surface area contributed by atoms with Crippen molar-refractivity contribution in [2.45, 2.75) is 24.7 Å². The fourth-order valence-corrected chi connectivity index (χ4v) is 2.42. The molecule has 0 heterocycles. The Morgan fingerprint density at radius 1 is 0.433 bits per heavy atom. The average molecular weight is 452 g/mol. The quantitative estimate of drug-likeness (QED) is 0.408. The zero-order chi connectivity index (χ0) is 23.3. The second-order valence-corrected chi connectivity index (χ2v) is 6.07. The molecule has 0 saturated carbocycles. The highest BCUT2D eigenvalue weighted by Crippen LogP contribution is 2.41. The van der Waals surface area contributed by atoms with E-state index in [-0.39, 0.29) is 36.4 Å². The van der Waals surface area contributed by atoms with Gasteiger partial charge in [0.1, 0.15) is 0 Å². The van der Waals surface area contributed by atoms with Crippen LogP contribution >= 0.6 is 0 Å². The SMILES string of the molecule is C=C(c1cc(C(F)(F)F)cc(C(F)(F)F)c1)c1cc(C(F)(F)F)cc(C(F)(F)F)c1. The lowest BCUT2D eigenvalue weighted by Crippen LogP contribution is -2.13. The van der Waals surface area contributed by atoms with Gasteiger partial charge in [0.15, 0.2) is 0 Å². The van der Waals surface area contributed by atoms with Gasteiger partial charge >= 0.3 is 24.7 Å². The number of benzene rings is 2. The predicted molar refractivity (Wildman–Crippen MR) is 81.0 cm³/mol. The molecule has 0 N–H and O–H groups in total. The summed E-state index contributed by atoms with van der Waals surface area (Å²) in [7, 11) is 0. The molecule has 0 aliphatic carbocycles. The van der Waals surface area contributed by atoms with E-state index >= 15 is 0 Å². The van der Waals surface area contributed by atoms with Crippen LogP contribution in [0.2, 0.25) is 0 Å². The van der Waals surface area contributed by atoms with E-state index in [1.807, 2.05) is 0 Å². The minimum absolute atomic E-state index is 0.158. The van der Waals surface area contributed by atoms with Gasteiger partial charge in [0, 0.05) is 0 Å². The highest BCUT2D eigenvalue weighted by atomic mass is 19.4. The monoisotopic (exact) mass is 452 g/mol. The molecule has 0 bridgehead atoms. The summed E-state index contributed by atoms with van der Waals surface area (Å²) in [6, 6.07) is 0.167. The zero-order valence-electron chi connectivity index (χ0n) is 14.2. The Labute approximate surface area is 160 Å². The molecule has 0 amide bonds. The van der Waals surface area contributed by atoms with E-state index in [1.165, 1.54) is 0 Å². The van der Waals surface area contributed by atoms with Crippen LogP contribution in [0.15, 0.2) is 43.0 Å². The Morgan fingerprint density at radius 3 is 0.800 bits per heavy atom. The third kappa shape index (κ3) is 5.28. The van der Waals surface area contributed by atoms with Crippen molar-refractivity contribution in [3.8, 4) is 0 Å². The Balaban J connectivity index is 2.73. The summed E-state index contributed by atoms with van der Waals surface area (Å²) in [5.74, 6) is 0. The molecule has 12 heteroatoms. The molecule has 0 nitrogen and oxygen atoms in total. The van der Waals surface area contributed by atoms with Crippen LogP contribution in [-0.2, 0) is 24.7 Å². The molecule has 0 fully saturated rings. The van der Waals surface area contributed by atoms with Crippen LogP contribution in [0.3, 0.4) is 0 Å². The summed E-state index contributed by atoms with van der Waals surface area (Å²) in [5.41, 5.74) is -9.95. The maximum absolute atomic E-state index is 12.9. The number of alkyl halides is 12. The minimum atomic E-state index is -5.26. The largest absolute Gasteiger partial charge is 0.416 e. The second-order valence-electron chi connectivity index (χ2n) is 6.07. The Hall–Kier alpha value is -2.66. The number of rotatable bonds is 2. The van der Waals surface area contributed by atoms with E-state index in [0.29, 0.717) is 0 Å². The molecule has 2 rings (SSSR count). The van der Waals surface area contributed by atoms with E-state index in [2.05, 4.69) is 6.58 Å². The van der Waals surface area contributed by atoms with Gasteiger partial charge in [-0.15, -0.1) is 0 Å². The average Bonchev–Trinajstić information content (AvgIpc) is 2.57. The van der Waals surface area contributed by atoms with Gasteiger partial charge in [-0.1, -0.05) is 6.58 Å². The number of hydrogen-bond donors (Lipinski definition) is 0. The van der Waals surface area contributed by atoms with Crippen LogP contribution in [0.1, 0.15) is 33.4 Å². The molecule has 0 radical (unpaired) electrons. The van der Waals surface area contributed by atoms with Gasteiger partial charge in [-0.3, -0.25) is 0 Å². The van der Waals surface area contributed by atoms with Gasteiger partial charge in [-0.2, -0.15) is 52.7 Å². The fraction of sp³-hybridized carbons (Fsp3) is 0.222. The Bertz CT molecular complexity index is 813. The van der Waals surface area contributed by atoms with Crippen LogP contribution in [0.4, 0.5) is 52.7 Å². The second kappa shape index (κ2) is 7.24. The van der Waals surface area contributed by atoms with Crippen molar-refractivity contribution in [1.29, 1.82) is 0 Å². The third-order valence-corrected chi connectivity index (χ3v) is 3.87. The van der Waals surface area contributed by atoms with Gasteiger partial charge in [0.25, 0.3) is 0 Å². The maximum Gasteiger partial charge on any atom is 0.416 e. The molecule has 164 valence electrons. The van der Waals surface area contributed by atoms with E-state index < -0.39 is 63.7 Å². The normalized spacial score (nSPS) is 13.5. The third-order valence-electron chi connectivity index (χ3n) is 3.87. The predicted octanol–water partition coefficient (Wildman–Crippen LogP) is 7.82. The summed E-state index contributed by atoms with van der Waals surface area (Å²) in [6.07, 6.45) is -21.1. The summed E-state index contributed by atoms with van der Waals surface area (Å²) < 4.78 is 155. The first kappa shape index (κ1) is 23.6. The van der Waals surface area contributed by atoms with Crippen molar-refractivity contribution in [3.63, 3.8) is 0 Å². The van der Waals surface area contributed by atoms with Gasteiger partial charge in [-0.25, -0.2) is 0 Å². The van der Waals surface area contributed by atoms with Crippen LogP contribution in [0, 0.1) is 0 Å². The van der Waals surface area contributed by atoms with E-state index in [0.717, 1.165) is 0 Å². The Kier molecular flexibility index (Phi) is 5.70. The summed E-state index contributed by atoms with van der Waals surface area (Å²) in [6.45, 7) is 3.12. The van der Waals surface area contributed by atoms with Gasteiger partial charge in [-0.05, 0) is 53.1 Å². The van der Waals surface area contributed by atoms with Crippen LogP contribution in [-0.4, -0.2) is 0 Å². The first-order valence-electron chi connectivity index (χ1n) is 7.59. The van der Waals surface area contributed by atoms with E-state index in [9.17, 15) is 52.7 Å². The lowest BCUT2D eigenvalue weighted by atomic mass is 9.93. The summed E-state index contributed by atoms with van der Waals surface area (Å²) in [5, 5.41) is 0. The van der Waals surface area contributed by atoms with Gasteiger partial charge < -0.3 is 0 Å². The number of halogens is 12. The number of hydrogen-bond acceptors (Lipinski definition) is 0. The maximum atomic E-state index is 12.9. The standard InChI is InChI=1S/C18H8F12/c1-8(9-2-11(15(19,20)21)6-12(3-9)16(22,23)24)10-4-13(17(25,26)27)7-14(5-10)18(28,29)30/h2-7H,1H2. The van der Waals surface area contributed by atoms with Crippen molar-refractivity contribution in [3.05, 3.63) is 76.4 Å². The van der Waals surface area contributed by atoms with E-state index in [1.54, 1.807) is 0 Å². The summed E-state index contributed by atoms with van der Waals surface area (Å²) >= 11 is 0. The Morgan fingerprint density at radius 2 is 0.633 bits per heavy atom. The van der Waals surface area contributed by atoms with Crippen molar-refractivity contribution >= 4 is 5.57 Å². The zero-order valence-corrected chi connectivity index (χ0v) is 14.2. The molecule has 0 spiro atoms. The molecule has 0 aromatic heterocycles. The smallest absolute Gasteiger partial charge is 0.166 e. The molecule has 2 aromatic carbocycles. The van der Waals surface area contributed by atoms with Crippen molar-refractivity contribution < 1.29 is 52.7 Å². The van der Waals surface area contributed by atoms with Crippen molar-refractivity contribution in [2.75, 3.05) is 0 Å². The highest BCUT2D eigenvalue weighted by molar-refractivity contribution is 5.79. The van der Waals surface area contributed by atoms with Crippen LogP contribution in [0.5, 0.6) is 0 Å². The molecule has 30 heavy (non-hydrogen) atoms. The van der Waals surface area contributed by atoms with Crippen LogP contribution < -0.4 is 0 Å². The molecule has 0 saturated heterocycles. The topological polar surface area (TPSA) is 0 Å². The molecular formula is C18H8F12. The minimum Gasteiger partial charge on any atom is -0.166 e. The summed E-state index contributed by atoms with van der Waals surface area (Å²) in [4.78, 5) is 0. The van der Waals surface area contributed by atoms with Gasteiger partial charge in [0.05, 0.1) is 22.3 Å².